The molecule has 0 amide bonds. The van der Waals surface area contributed by atoms with E-state index in [-0.39, 0.29) is 29.2 Å². The van der Waals surface area contributed by atoms with Gasteiger partial charge in [-0.3, -0.25) is 9.59 Å². The molecule has 1 aromatic heterocycles. The standard InChI is InChI=1S/C13H9F2NO2S/c14-9-2-1-8(11(15)6-9)5-10(17)7-12(18)13-16-3-4-19-13/h1-4,6H,5,7H2. The second kappa shape index (κ2) is 5.79. The molecular formula is C13H9F2NO2S. The van der Waals surface area contributed by atoms with Gasteiger partial charge in [0, 0.05) is 24.1 Å². The first-order valence-corrected chi connectivity index (χ1v) is 6.32. The summed E-state index contributed by atoms with van der Waals surface area (Å²) in [7, 11) is 0. The molecule has 0 aliphatic heterocycles. The first kappa shape index (κ1) is 13.5. The summed E-state index contributed by atoms with van der Waals surface area (Å²) >= 11 is 1.15. The van der Waals surface area contributed by atoms with Crippen LogP contribution in [0, 0.1) is 11.6 Å². The number of nitrogens with zero attached hydrogens (tertiary/aromatic N) is 1. The number of hydrogen-bond acceptors (Lipinski definition) is 4. The molecule has 0 fully saturated rings. The Labute approximate surface area is 111 Å². The lowest BCUT2D eigenvalue weighted by molar-refractivity contribution is -0.117. The maximum absolute atomic E-state index is 13.3. The fourth-order valence-corrected chi connectivity index (χ4v) is 2.13. The molecule has 6 heteroatoms. The van der Waals surface area contributed by atoms with Crippen LogP contribution in [0.4, 0.5) is 8.78 Å². The summed E-state index contributed by atoms with van der Waals surface area (Å²) in [5, 5.41) is 1.89. The number of carbonyl (C=O) groups excluding carboxylic acids is 2. The van der Waals surface area contributed by atoms with Crippen LogP contribution >= 0.6 is 11.3 Å². The number of benzene rings is 1. The van der Waals surface area contributed by atoms with Gasteiger partial charge in [0.05, 0.1) is 6.42 Å². The minimum absolute atomic E-state index is 0.0818. The topological polar surface area (TPSA) is 47.0 Å². The average Bonchev–Trinajstić information content (AvgIpc) is 2.86. The molecule has 1 heterocycles. The van der Waals surface area contributed by atoms with E-state index in [0.717, 1.165) is 17.4 Å². The van der Waals surface area contributed by atoms with Crippen LogP contribution in [0.3, 0.4) is 0 Å². The summed E-state index contributed by atoms with van der Waals surface area (Å²) in [5.74, 6) is -2.30. The van der Waals surface area contributed by atoms with Crippen LogP contribution in [0.1, 0.15) is 21.8 Å². The number of Topliss-reactive ketones (excluding diaryl/α,β-unsaturated/α-hetero) is 2. The predicted molar refractivity (Wildman–Crippen MR) is 66.1 cm³/mol. The summed E-state index contributed by atoms with van der Waals surface area (Å²) < 4.78 is 26.0. The van der Waals surface area contributed by atoms with E-state index in [1.54, 1.807) is 5.38 Å². The molecule has 1 aromatic carbocycles. The first-order chi connectivity index (χ1) is 9.06. The van der Waals surface area contributed by atoms with E-state index in [1.807, 2.05) is 0 Å². The monoisotopic (exact) mass is 281 g/mol. The molecule has 0 saturated heterocycles. The van der Waals surface area contributed by atoms with Crippen LogP contribution in [0.2, 0.25) is 0 Å². The van der Waals surface area contributed by atoms with Crippen LogP contribution in [-0.2, 0) is 11.2 Å². The fourth-order valence-electron chi connectivity index (χ4n) is 1.56. The zero-order chi connectivity index (χ0) is 13.8. The molecule has 0 N–H and O–H groups in total. The molecule has 2 aromatic rings. The van der Waals surface area contributed by atoms with E-state index in [9.17, 15) is 18.4 Å². The van der Waals surface area contributed by atoms with Gasteiger partial charge in [-0.15, -0.1) is 11.3 Å². The summed E-state index contributed by atoms with van der Waals surface area (Å²) in [4.78, 5) is 27.1. The summed E-state index contributed by atoms with van der Waals surface area (Å²) in [6.07, 6.45) is 0.912. The third-order valence-electron chi connectivity index (χ3n) is 2.43. The zero-order valence-corrected chi connectivity index (χ0v) is 10.5. The van der Waals surface area contributed by atoms with Crippen molar-refractivity contribution >= 4 is 22.9 Å². The van der Waals surface area contributed by atoms with Gasteiger partial charge in [0.2, 0.25) is 0 Å². The van der Waals surface area contributed by atoms with Crippen molar-refractivity contribution < 1.29 is 18.4 Å². The highest BCUT2D eigenvalue weighted by atomic mass is 32.1. The largest absolute Gasteiger partial charge is 0.299 e. The van der Waals surface area contributed by atoms with Crippen LogP contribution in [-0.4, -0.2) is 16.6 Å². The molecule has 2 rings (SSSR count). The van der Waals surface area contributed by atoms with Crippen molar-refractivity contribution in [3.05, 3.63) is 52.0 Å². The maximum Gasteiger partial charge on any atom is 0.198 e. The molecule has 0 atom stereocenters. The van der Waals surface area contributed by atoms with Gasteiger partial charge >= 0.3 is 0 Å². The Kier molecular flexibility index (Phi) is 4.11. The Morgan fingerprint density at radius 3 is 2.68 bits per heavy atom. The number of thiazole rings is 1. The summed E-state index contributed by atoms with van der Waals surface area (Å²) in [6, 6.07) is 3.00. The maximum atomic E-state index is 13.3. The predicted octanol–water partition coefficient (Wildman–Crippen LogP) is 2.81. The lowest BCUT2D eigenvalue weighted by atomic mass is 10.0. The van der Waals surface area contributed by atoms with E-state index in [1.165, 1.54) is 12.3 Å². The molecular weight excluding hydrogens is 272 g/mol. The van der Waals surface area contributed by atoms with Crippen molar-refractivity contribution in [1.82, 2.24) is 4.98 Å². The number of ketones is 2. The number of halogens is 2. The quantitative estimate of drug-likeness (QED) is 0.625. The van der Waals surface area contributed by atoms with Crippen molar-refractivity contribution in [2.75, 3.05) is 0 Å². The smallest absolute Gasteiger partial charge is 0.198 e. The van der Waals surface area contributed by atoms with E-state index in [2.05, 4.69) is 4.98 Å². The van der Waals surface area contributed by atoms with Gasteiger partial charge < -0.3 is 0 Å². The van der Waals surface area contributed by atoms with Crippen LogP contribution in [0.25, 0.3) is 0 Å². The molecule has 3 nitrogen and oxygen atoms in total. The molecule has 19 heavy (non-hydrogen) atoms. The van der Waals surface area contributed by atoms with Crippen molar-refractivity contribution in [1.29, 1.82) is 0 Å². The molecule has 0 radical (unpaired) electrons. The number of hydrogen-bond donors (Lipinski definition) is 0. The van der Waals surface area contributed by atoms with Gasteiger partial charge in [0.1, 0.15) is 17.4 Å². The zero-order valence-electron chi connectivity index (χ0n) is 9.73. The number of rotatable bonds is 5. The Bertz CT molecular complexity index is 611. The fraction of sp³-hybridized carbons (Fsp3) is 0.154. The SMILES string of the molecule is O=C(CC(=O)c1nccs1)Cc1ccc(F)cc1F. The lowest BCUT2D eigenvalue weighted by Gasteiger charge is -2.02. The molecule has 0 saturated carbocycles. The van der Waals surface area contributed by atoms with Crippen molar-refractivity contribution in [2.24, 2.45) is 0 Å². The number of aromatic nitrogens is 1. The highest BCUT2D eigenvalue weighted by Gasteiger charge is 2.16. The second-order valence-corrected chi connectivity index (χ2v) is 4.78. The molecule has 0 bridgehead atoms. The Morgan fingerprint density at radius 2 is 2.05 bits per heavy atom. The van der Waals surface area contributed by atoms with E-state index in [4.69, 9.17) is 0 Å². The van der Waals surface area contributed by atoms with Gasteiger partial charge in [-0.25, -0.2) is 13.8 Å². The van der Waals surface area contributed by atoms with E-state index < -0.39 is 17.4 Å². The minimum Gasteiger partial charge on any atom is -0.299 e. The van der Waals surface area contributed by atoms with Gasteiger partial charge in [-0.2, -0.15) is 0 Å². The molecule has 98 valence electrons. The molecule has 0 spiro atoms. The number of carbonyl (C=O) groups is 2. The third kappa shape index (κ3) is 3.51. The van der Waals surface area contributed by atoms with Gasteiger partial charge in [0.15, 0.2) is 10.8 Å². The third-order valence-corrected chi connectivity index (χ3v) is 3.25. The molecule has 0 aliphatic rings. The van der Waals surface area contributed by atoms with E-state index in [0.29, 0.717) is 6.07 Å². The second-order valence-electron chi connectivity index (χ2n) is 3.89. The highest BCUT2D eigenvalue weighted by Crippen LogP contribution is 2.13. The molecule has 0 aliphatic carbocycles. The van der Waals surface area contributed by atoms with E-state index >= 15 is 0 Å². The average molecular weight is 281 g/mol. The highest BCUT2D eigenvalue weighted by molar-refractivity contribution is 7.11. The Hall–Kier alpha value is -1.95. The van der Waals surface area contributed by atoms with Crippen molar-refractivity contribution in [3.63, 3.8) is 0 Å². The van der Waals surface area contributed by atoms with Crippen molar-refractivity contribution in [3.8, 4) is 0 Å². The van der Waals surface area contributed by atoms with Crippen LogP contribution < -0.4 is 0 Å². The lowest BCUT2D eigenvalue weighted by Crippen LogP contribution is -2.11. The van der Waals surface area contributed by atoms with Crippen LogP contribution in [0.15, 0.2) is 29.8 Å². The van der Waals surface area contributed by atoms with Crippen LogP contribution in [0.5, 0.6) is 0 Å². The first-order valence-electron chi connectivity index (χ1n) is 5.44. The van der Waals surface area contributed by atoms with Gasteiger partial charge in [-0.1, -0.05) is 6.07 Å². The summed E-state index contributed by atoms with van der Waals surface area (Å²) in [6.45, 7) is 0. The summed E-state index contributed by atoms with van der Waals surface area (Å²) in [5.41, 5.74) is 0.0818. The van der Waals surface area contributed by atoms with Crippen molar-refractivity contribution in [2.45, 2.75) is 12.8 Å². The van der Waals surface area contributed by atoms with Gasteiger partial charge in [0.25, 0.3) is 0 Å². The Balaban J connectivity index is 2.00. The Morgan fingerprint density at radius 1 is 1.26 bits per heavy atom. The van der Waals surface area contributed by atoms with Gasteiger partial charge in [-0.05, 0) is 11.6 Å². The molecule has 0 unspecified atom stereocenters. The normalized spacial score (nSPS) is 10.4. The minimum atomic E-state index is -0.782.